The van der Waals surface area contributed by atoms with Gasteiger partial charge in [0.25, 0.3) is 0 Å². The lowest BCUT2D eigenvalue weighted by Crippen LogP contribution is -2.24. The molecule has 25 heavy (non-hydrogen) atoms. The summed E-state index contributed by atoms with van der Waals surface area (Å²) in [4.78, 5) is 16.0. The zero-order valence-corrected chi connectivity index (χ0v) is 14.4. The Hall–Kier alpha value is -2.67. The van der Waals surface area contributed by atoms with Gasteiger partial charge in [-0.1, -0.05) is 18.2 Å². The second-order valence-corrected chi connectivity index (χ2v) is 7.72. The van der Waals surface area contributed by atoms with Crippen LogP contribution in [0.5, 0.6) is 0 Å². The number of anilines is 1. The Labute approximate surface area is 147 Å². The molecule has 1 N–H and O–H groups in total. The molecule has 6 nitrogen and oxygen atoms in total. The number of amides is 1. The number of carbonyl (C=O) groups is 1. The molecular weight excluding hydrogens is 338 g/mol. The quantitative estimate of drug-likeness (QED) is 0.830. The van der Waals surface area contributed by atoms with E-state index in [-0.39, 0.29) is 11.7 Å². The van der Waals surface area contributed by atoms with Gasteiger partial charge in [0.15, 0.2) is 0 Å². The van der Waals surface area contributed by atoms with Gasteiger partial charge in [0.1, 0.15) is 0 Å². The number of rotatable bonds is 5. The second-order valence-electron chi connectivity index (χ2n) is 5.71. The van der Waals surface area contributed by atoms with Crippen molar-refractivity contribution in [2.24, 2.45) is 0 Å². The van der Waals surface area contributed by atoms with Crippen molar-refractivity contribution in [1.29, 1.82) is 0 Å². The Morgan fingerprint density at radius 1 is 1.20 bits per heavy atom. The van der Waals surface area contributed by atoms with Crippen LogP contribution < -0.4 is 9.62 Å². The number of hydrogen-bond donors (Lipinski definition) is 1. The molecule has 1 aromatic carbocycles. The van der Waals surface area contributed by atoms with E-state index in [0.29, 0.717) is 25.2 Å². The molecule has 1 aliphatic heterocycles. The fourth-order valence-electron chi connectivity index (χ4n) is 2.59. The average molecular weight is 357 g/mol. The lowest BCUT2D eigenvalue weighted by atomic mass is 10.2. The molecule has 2 heterocycles. The standard InChI is InChI=1S/C18H19N3O3S/c22-18(20-14-16-4-1-2-11-19-16)10-7-15-5-8-17(9-6-15)21-12-3-13-25(21,23)24/h1-2,4-11H,3,12-14H2,(H,20,22)/b10-7+. The third-order valence-electron chi connectivity index (χ3n) is 3.88. The molecule has 0 atom stereocenters. The predicted octanol–water partition coefficient (Wildman–Crippen LogP) is 1.95. The number of sulfonamides is 1. The Morgan fingerprint density at radius 3 is 2.64 bits per heavy atom. The number of nitrogens with one attached hydrogen (secondary N) is 1. The summed E-state index contributed by atoms with van der Waals surface area (Å²) in [7, 11) is -3.17. The van der Waals surface area contributed by atoms with Gasteiger partial charge in [-0.05, 0) is 42.3 Å². The molecule has 0 radical (unpaired) electrons. The van der Waals surface area contributed by atoms with Crippen molar-refractivity contribution in [3.63, 3.8) is 0 Å². The summed E-state index contributed by atoms with van der Waals surface area (Å²) in [5.74, 6) is -0.0117. The summed E-state index contributed by atoms with van der Waals surface area (Å²) in [6, 6.07) is 12.6. The fraction of sp³-hybridized carbons (Fsp3) is 0.222. The molecule has 1 aliphatic rings. The number of benzene rings is 1. The highest BCUT2D eigenvalue weighted by atomic mass is 32.2. The summed E-state index contributed by atoms with van der Waals surface area (Å²) in [6.45, 7) is 0.892. The van der Waals surface area contributed by atoms with Crippen LogP contribution in [0.25, 0.3) is 6.08 Å². The molecule has 1 amide bonds. The maximum Gasteiger partial charge on any atom is 0.244 e. The Morgan fingerprint density at radius 2 is 2.00 bits per heavy atom. The number of aromatic nitrogens is 1. The monoisotopic (exact) mass is 357 g/mol. The van der Waals surface area contributed by atoms with Gasteiger partial charge in [0.2, 0.25) is 15.9 Å². The molecule has 3 rings (SSSR count). The molecule has 0 bridgehead atoms. The van der Waals surface area contributed by atoms with Crippen LogP contribution in [0.4, 0.5) is 5.69 Å². The molecule has 7 heteroatoms. The van der Waals surface area contributed by atoms with Crippen molar-refractivity contribution in [3.05, 3.63) is 66.0 Å². The third kappa shape index (κ3) is 4.45. The Bertz CT molecular complexity index is 862. The maximum atomic E-state index is 11.9. The minimum Gasteiger partial charge on any atom is -0.347 e. The molecule has 1 saturated heterocycles. The Kier molecular flexibility index (Phi) is 5.14. The molecule has 1 aromatic heterocycles. The molecule has 1 fully saturated rings. The summed E-state index contributed by atoms with van der Waals surface area (Å²) >= 11 is 0. The summed E-state index contributed by atoms with van der Waals surface area (Å²) in [5.41, 5.74) is 2.28. The van der Waals surface area contributed by atoms with Crippen molar-refractivity contribution < 1.29 is 13.2 Å². The first-order valence-electron chi connectivity index (χ1n) is 8.01. The topological polar surface area (TPSA) is 79.4 Å². The molecule has 0 unspecified atom stereocenters. The van der Waals surface area contributed by atoms with Gasteiger partial charge >= 0.3 is 0 Å². The van der Waals surface area contributed by atoms with Crippen molar-refractivity contribution in [1.82, 2.24) is 10.3 Å². The Balaban J connectivity index is 1.57. The van der Waals surface area contributed by atoms with Gasteiger partial charge in [-0.2, -0.15) is 0 Å². The minimum absolute atomic E-state index is 0.200. The number of pyridine rings is 1. The van der Waals surface area contributed by atoms with Gasteiger partial charge in [-0.3, -0.25) is 14.1 Å². The smallest absolute Gasteiger partial charge is 0.244 e. The van der Waals surface area contributed by atoms with E-state index in [1.165, 1.54) is 10.4 Å². The van der Waals surface area contributed by atoms with Crippen molar-refractivity contribution >= 4 is 27.7 Å². The second kappa shape index (κ2) is 7.48. The molecular formula is C18H19N3O3S. The average Bonchev–Trinajstić information content (AvgIpc) is 2.98. The maximum absolute atomic E-state index is 11.9. The van der Waals surface area contributed by atoms with E-state index < -0.39 is 10.0 Å². The van der Waals surface area contributed by atoms with Crippen molar-refractivity contribution in [2.75, 3.05) is 16.6 Å². The van der Waals surface area contributed by atoms with Crippen LogP contribution in [0.2, 0.25) is 0 Å². The summed E-state index contributed by atoms with van der Waals surface area (Å²) in [5, 5.41) is 2.76. The van der Waals surface area contributed by atoms with Crippen molar-refractivity contribution in [2.45, 2.75) is 13.0 Å². The number of carbonyl (C=O) groups excluding carboxylic acids is 1. The third-order valence-corrected chi connectivity index (χ3v) is 5.75. The highest BCUT2D eigenvalue weighted by Gasteiger charge is 2.28. The van der Waals surface area contributed by atoms with Gasteiger partial charge in [-0.25, -0.2) is 8.42 Å². The lowest BCUT2D eigenvalue weighted by Gasteiger charge is -2.16. The first-order valence-corrected chi connectivity index (χ1v) is 9.62. The van der Waals surface area contributed by atoms with Crippen LogP contribution in [-0.2, 0) is 21.4 Å². The molecule has 130 valence electrons. The zero-order valence-electron chi connectivity index (χ0n) is 13.6. The summed E-state index contributed by atoms with van der Waals surface area (Å²) < 4.78 is 25.2. The first-order chi connectivity index (χ1) is 12.0. The van der Waals surface area contributed by atoms with Crippen LogP contribution >= 0.6 is 0 Å². The number of hydrogen-bond acceptors (Lipinski definition) is 4. The predicted molar refractivity (Wildman–Crippen MR) is 97.3 cm³/mol. The SMILES string of the molecule is O=C(/C=C/c1ccc(N2CCCS2(=O)=O)cc1)NCc1ccccn1. The van der Waals surface area contributed by atoms with Crippen LogP contribution in [0.15, 0.2) is 54.7 Å². The highest BCUT2D eigenvalue weighted by Crippen LogP contribution is 2.24. The lowest BCUT2D eigenvalue weighted by molar-refractivity contribution is -0.116. The van der Waals surface area contributed by atoms with E-state index in [2.05, 4.69) is 10.3 Å². The van der Waals surface area contributed by atoms with Crippen LogP contribution in [0.1, 0.15) is 17.7 Å². The first kappa shape index (κ1) is 17.2. The molecule has 0 saturated carbocycles. The minimum atomic E-state index is -3.17. The van der Waals surface area contributed by atoms with E-state index in [1.54, 1.807) is 36.5 Å². The van der Waals surface area contributed by atoms with Gasteiger partial charge < -0.3 is 5.32 Å². The van der Waals surface area contributed by atoms with E-state index in [0.717, 1.165) is 11.3 Å². The largest absolute Gasteiger partial charge is 0.347 e. The highest BCUT2D eigenvalue weighted by molar-refractivity contribution is 7.93. The van der Waals surface area contributed by atoms with Crippen LogP contribution in [0, 0.1) is 0 Å². The van der Waals surface area contributed by atoms with Gasteiger partial charge in [0.05, 0.1) is 23.7 Å². The molecule has 0 spiro atoms. The molecule has 0 aliphatic carbocycles. The van der Waals surface area contributed by atoms with Crippen LogP contribution in [-0.4, -0.2) is 31.6 Å². The zero-order chi connectivity index (χ0) is 17.7. The molecule has 2 aromatic rings. The van der Waals surface area contributed by atoms with E-state index in [9.17, 15) is 13.2 Å². The van der Waals surface area contributed by atoms with Gasteiger partial charge in [-0.15, -0.1) is 0 Å². The van der Waals surface area contributed by atoms with Crippen LogP contribution in [0.3, 0.4) is 0 Å². The van der Waals surface area contributed by atoms with Gasteiger partial charge in [0, 0.05) is 18.8 Å². The van der Waals surface area contributed by atoms with E-state index in [1.807, 2.05) is 18.2 Å². The summed E-state index contributed by atoms with van der Waals surface area (Å²) in [6.07, 6.45) is 5.47. The van der Waals surface area contributed by atoms with E-state index in [4.69, 9.17) is 0 Å². The van der Waals surface area contributed by atoms with Crippen molar-refractivity contribution in [3.8, 4) is 0 Å². The van der Waals surface area contributed by atoms with E-state index >= 15 is 0 Å². The fourth-order valence-corrected chi connectivity index (χ4v) is 4.16. The number of nitrogens with zero attached hydrogens (tertiary/aromatic N) is 2. The normalized spacial score (nSPS) is 16.2.